The molecule has 25 heavy (non-hydrogen) atoms. The number of carbonyl (C=O) groups is 1. The van der Waals surface area contributed by atoms with Gasteiger partial charge in [-0.05, 0) is 50.7 Å². The van der Waals surface area contributed by atoms with E-state index in [-0.39, 0.29) is 24.2 Å². The second-order valence-electron chi connectivity index (χ2n) is 6.82. The highest BCUT2D eigenvalue weighted by atomic mass is 16.6. The third-order valence-corrected chi connectivity index (χ3v) is 5.20. The van der Waals surface area contributed by atoms with Crippen molar-refractivity contribution >= 4 is 17.3 Å². The standard InChI is InChI=1S/C18H25N3O4/c22-12-4-6-15-5-3-11-20(15)18(23)14-7-8-16(17(13-14)21(24)25)19-9-1-2-10-19/h7-8,13,15,22H,1-6,9-12H2. The highest BCUT2D eigenvalue weighted by Crippen LogP contribution is 2.33. The predicted molar refractivity (Wildman–Crippen MR) is 94.9 cm³/mol. The number of hydrogen-bond donors (Lipinski definition) is 1. The van der Waals surface area contributed by atoms with Crippen LogP contribution in [0.2, 0.25) is 0 Å². The molecule has 0 bridgehead atoms. The quantitative estimate of drug-likeness (QED) is 0.631. The summed E-state index contributed by atoms with van der Waals surface area (Å²) >= 11 is 0. The van der Waals surface area contributed by atoms with Crippen LogP contribution in [0.1, 0.15) is 48.9 Å². The predicted octanol–water partition coefficient (Wildman–Crippen LogP) is 2.57. The van der Waals surface area contributed by atoms with Gasteiger partial charge in [0, 0.05) is 43.9 Å². The normalized spacial score (nSPS) is 20.3. The molecule has 3 rings (SSSR count). The Labute approximate surface area is 147 Å². The number of likely N-dealkylation sites (tertiary alicyclic amines) is 1. The molecule has 1 unspecified atom stereocenters. The van der Waals surface area contributed by atoms with E-state index in [0.717, 1.165) is 45.2 Å². The maximum absolute atomic E-state index is 12.9. The summed E-state index contributed by atoms with van der Waals surface area (Å²) in [7, 11) is 0. The molecule has 1 atom stereocenters. The second kappa shape index (κ2) is 7.82. The Balaban J connectivity index is 1.83. The number of nitro groups is 1. The third-order valence-electron chi connectivity index (χ3n) is 5.20. The molecule has 136 valence electrons. The molecule has 2 fully saturated rings. The van der Waals surface area contributed by atoms with E-state index in [1.807, 2.05) is 9.80 Å². The third kappa shape index (κ3) is 3.76. The van der Waals surface area contributed by atoms with Gasteiger partial charge in [-0.25, -0.2) is 0 Å². The molecule has 0 saturated carbocycles. The largest absolute Gasteiger partial charge is 0.396 e. The van der Waals surface area contributed by atoms with Crippen molar-refractivity contribution < 1.29 is 14.8 Å². The summed E-state index contributed by atoms with van der Waals surface area (Å²) in [5.41, 5.74) is 1.00. The molecular weight excluding hydrogens is 322 g/mol. The van der Waals surface area contributed by atoms with Crippen molar-refractivity contribution in [3.63, 3.8) is 0 Å². The van der Waals surface area contributed by atoms with E-state index in [1.165, 1.54) is 6.07 Å². The summed E-state index contributed by atoms with van der Waals surface area (Å²) in [6.45, 7) is 2.44. The first kappa shape index (κ1) is 17.7. The van der Waals surface area contributed by atoms with E-state index in [1.54, 1.807) is 12.1 Å². The van der Waals surface area contributed by atoms with Crippen LogP contribution in [-0.2, 0) is 0 Å². The van der Waals surface area contributed by atoms with Crippen molar-refractivity contribution in [2.45, 2.75) is 44.6 Å². The number of aliphatic hydroxyl groups is 1. The number of carbonyl (C=O) groups excluding carboxylic acids is 1. The fraction of sp³-hybridized carbons (Fsp3) is 0.611. The monoisotopic (exact) mass is 347 g/mol. The Morgan fingerprint density at radius 1 is 1.24 bits per heavy atom. The molecule has 1 aromatic carbocycles. The second-order valence-corrected chi connectivity index (χ2v) is 6.82. The number of nitro benzene ring substituents is 1. The molecule has 0 radical (unpaired) electrons. The van der Waals surface area contributed by atoms with Crippen molar-refractivity contribution in [3.8, 4) is 0 Å². The van der Waals surface area contributed by atoms with Gasteiger partial charge in [-0.1, -0.05) is 0 Å². The summed E-state index contributed by atoms with van der Waals surface area (Å²) in [4.78, 5) is 27.8. The van der Waals surface area contributed by atoms with Crippen molar-refractivity contribution in [2.75, 3.05) is 31.1 Å². The first-order valence-electron chi connectivity index (χ1n) is 9.07. The average molecular weight is 347 g/mol. The Hall–Kier alpha value is -2.15. The molecule has 7 nitrogen and oxygen atoms in total. The highest BCUT2D eigenvalue weighted by molar-refractivity contribution is 5.96. The molecule has 1 N–H and O–H groups in total. The van der Waals surface area contributed by atoms with Crippen LogP contribution < -0.4 is 4.90 Å². The molecular formula is C18H25N3O4. The van der Waals surface area contributed by atoms with E-state index in [0.29, 0.717) is 24.2 Å². The lowest BCUT2D eigenvalue weighted by Crippen LogP contribution is -2.35. The lowest BCUT2D eigenvalue weighted by molar-refractivity contribution is -0.384. The lowest BCUT2D eigenvalue weighted by Gasteiger charge is -2.25. The molecule has 7 heteroatoms. The smallest absolute Gasteiger partial charge is 0.293 e. The number of hydrogen-bond acceptors (Lipinski definition) is 5. The van der Waals surface area contributed by atoms with Gasteiger partial charge in [0.25, 0.3) is 11.6 Å². The maximum atomic E-state index is 12.9. The first-order chi connectivity index (χ1) is 12.1. The zero-order valence-electron chi connectivity index (χ0n) is 14.4. The molecule has 0 spiro atoms. The SMILES string of the molecule is O=C(c1ccc(N2CCCC2)c([N+](=O)[O-])c1)N1CCCC1CCCO. The molecule has 0 aromatic heterocycles. The molecule has 1 aromatic rings. The Bertz CT molecular complexity index is 643. The van der Waals surface area contributed by atoms with Gasteiger partial charge in [-0.3, -0.25) is 14.9 Å². The molecule has 2 aliphatic rings. The molecule has 0 aliphatic carbocycles. The minimum absolute atomic E-state index is 0.0128. The number of benzene rings is 1. The Kier molecular flexibility index (Phi) is 5.53. The minimum Gasteiger partial charge on any atom is -0.396 e. The van der Waals surface area contributed by atoms with Crippen LogP contribution in [0.5, 0.6) is 0 Å². The van der Waals surface area contributed by atoms with Crippen molar-refractivity contribution in [3.05, 3.63) is 33.9 Å². The number of aliphatic hydroxyl groups excluding tert-OH is 1. The van der Waals surface area contributed by atoms with Gasteiger partial charge in [0.2, 0.25) is 0 Å². The van der Waals surface area contributed by atoms with Gasteiger partial charge in [0.05, 0.1) is 4.92 Å². The van der Waals surface area contributed by atoms with Crippen LogP contribution in [0.15, 0.2) is 18.2 Å². The fourth-order valence-electron chi connectivity index (χ4n) is 3.92. The van der Waals surface area contributed by atoms with Crippen LogP contribution in [0, 0.1) is 10.1 Å². The summed E-state index contributed by atoms with van der Waals surface area (Å²) in [6, 6.07) is 4.98. The summed E-state index contributed by atoms with van der Waals surface area (Å²) in [5.74, 6) is -0.142. The van der Waals surface area contributed by atoms with Gasteiger partial charge >= 0.3 is 0 Å². The van der Waals surface area contributed by atoms with E-state index < -0.39 is 4.92 Å². The van der Waals surface area contributed by atoms with Crippen LogP contribution in [-0.4, -0.2) is 53.1 Å². The zero-order valence-corrected chi connectivity index (χ0v) is 14.4. The Morgan fingerprint density at radius 3 is 2.68 bits per heavy atom. The highest BCUT2D eigenvalue weighted by Gasteiger charge is 2.31. The topological polar surface area (TPSA) is 86.9 Å². The van der Waals surface area contributed by atoms with Crippen molar-refractivity contribution in [1.82, 2.24) is 4.90 Å². The summed E-state index contributed by atoms with van der Waals surface area (Å²) < 4.78 is 0. The van der Waals surface area contributed by atoms with Crippen LogP contribution >= 0.6 is 0 Å². The lowest BCUT2D eigenvalue weighted by atomic mass is 10.1. The van der Waals surface area contributed by atoms with E-state index >= 15 is 0 Å². The minimum atomic E-state index is -0.391. The van der Waals surface area contributed by atoms with E-state index in [9.17, 15) is 14.9 Å². The molecule has 2 aliphatic heterocycles. The van der Waals surface area contributed by atoms with Gasteiger partial charge in [0.15, 0.2) is 0 Å². The Morgan fingerprint density at radius 2 is 2.00 bits per heavy atom. The van der Waals surface area contributed by atoms with Crippen LogP contribution in [0.4, 0.5) is 11.4 Å². The fourth-order valence-corrected chi connectivity index (χ4v) is 3.92. The van der Waals surface area contributed by atoms with Crippen LogP contribution in [0.3, 0.4) is 0 Å². The maximum Gasteiger partial charge on any atom is 0.293 e. The zero-order chi connectivity index (χ0) is 17.8. The van der Waals surface area contributed by atoms with Crippen LogP contribution in [0.25, 0.3) is 0 Å². The van der Waals surface area contributed by atoms with E-state index in [2.05, 4.69) is 0 Å². The van der Waals surface area contributed by atoms with Gasteiger partial charge < -0.3 is 14.9 Å². The number of anilines is 1. The first-order valence-corrected chi connectivity index (χ1v) is 9.07. The van der Waals surface area contributed by atoms with Gasteiger partial charge in [-0.15, -0.1) is 0 Å². The van der Waals surface area contributed by atoms with Gasteiger partial charge in [-0.2, -0.15) is 0 Å². The summed E-state index contributed by atoms with van der Waals surface area (Å²) in [5, 5.41) is 20.5. The molecule has 2 heterocycles. The summed E-state index contributed by atoms with van der Waals surface area (Å²) in [6.07, 6.45) is 5.39. The van der Waals surface area contributed by atoms with E-state index in [4.69, 9.17) is 5.11 Å². The molecule has 2 saturated heterocycles. The van der Waals surface area contributed by atoms with Crippen molar-refractivity contribution in [1.29, 1.82) is 0 Å². The number of rotatable bonds is 6. The van der Waals surface area contributed by atoms with Crippen molar-refractivity contribution in [2.24, 2.45) is 0 Å². The number of nitrogens with zero attached hydrogens (tertiary/aromatic N) is 3. The van der Waals surface area contributed by atoms with Gasteiger partial charge in [0.1, 0.15) is 5.69 Å². The molecule has 1 amide bonds. The number of amides is 1. The average Bonchev–Trinajstić information content (AvgIpc) is 3.30.